The Morgan fingerprint density at radius 2 is 1.94 bits per heavy atom. The fourth-order valence-corrected chi connectivity index (χ4v) is 1.07. The van der Waals surface area contributed by atoms with Crippen molar-refractivity contribution in [2.75, 3.05) is 5.73 Å². The van der Waals surface area contributed by atoms with Crippen LogP contribution in [0.1, 0.15) is 25.8 Å². The van der Waals surface area contributed by atoms with Crippen molar-refractivity contribution in [1.82, 2.24) is 0 Å². The highest BCUT2D eigenvalue weighted by atomic mass is 16.1. The van der Waals surface area contributed by atoms with Gasteiger partial charge < -0.3 is 11.5 Å². The summed E-state index contributed by atoms with van der Waals surface area (Å²) in [4.78, 5) is 8.58. The second-order valence-corrected chi connectivity index (χ2v) is 3.51. The number of nitrogens with two attached hydrogens (primary N) is 2. The molecule has 0 saturated heterocycles. The zero-order chi connectivity index (χ0) is 12.4. The van der Waals surface area contributed by atoms with Crippen LogP contribution in [0.2, 0.25) is 0 Å². The van der Waals surface area contributed by atoms with Gasteiger partial charge in [-0.05, 0) is 17.5 Å². The molecule has 0 fully saturated rings. The third-order valence-electron chi connectivity index (χ3n) is 2.24. The summed E-state index contributed by atoms with van der Waals surface area (Å²) < 4.78 is 0. The fraction of sp³-hybridized carbons (Fsp3) is 0.308. The zero-order valence-electron chi connectivity index (χ0n) is 9.89. The van der Waals surface area contributed by atoms with Gasteiger partial charge in [-0.15, -0.1) is 0 Å². The van der Waals surface area contributed by atoms with Crippen molar-refractivity contribution >= 4 is 18.2 Å². The molecule has 0 spiro atoms. The van der Waals surface area contributed by atoms with E-state index < -0.39 is 0 Å². The van der Waals surface area contributed by atoms with Crippen molar-refractivity contribution in [1.29, 1.82) is 0 Å². The van der Waals surface area contributed by atoms with Gasteiger partial charge in [-0.1, -0.05) is 50.6 Å². The summed E-state index contributed by atoms with van der Waals surface area (Å²) in [5.74, 6) is 0.625. The van der Waals surface area contributed by atoms with Gasteiger partial charge >= 0.3 is 0 Å². The van der Waals surface area contributed by atoms with Gasteiger partial charge in [0, 0.05) is 5.69 Å². The lowest BCUT2D eigenvalue weighted by Crippen LogP contribution is -1.89. The molecular weight excluding hydrogens is 200 g/mol. The first-order valence-corrected chi connectivity index (χ1v) is 5.33. The molecule has 1 aromatic carbocycles. The summed E-state index contributed by atoms with van der Waals surface area (Å²) in [5, 5.41) is 0. The van der Waals surface area contributed by atoms with E-state index in [-0.39, 0.29) is 6.41 Å². The second-order valence-electron chi connectivity index (χ2n) is 3.51. The maximum Gasteiger partial charge on any atom is 0.204 e. The average molecular weight is 220 g/mol. The van der Waals surface area contributed by atoms with Gasteiger partial charge in [-0.3, -0.25) is 4.79 Å². The van der Waals surface area contributed by atoms with Crippen LogP contribution in [0.4, 0.5) is 5.69 Å². The molecule has 1 unspecified atom stereocenters. The quantitative estimate of drug-likeness (QED) is 0.606. The largest absolute Gasteiger partial charge is 0.398 e. The number of para-hydroxylation sites is 1. The first kappa shape index (κ1) is 14.2. The molecule has 0 bridgehead atoms. The molecule has 0 heterocycles. The van der Waals surface area contributed by atoms with Crippen LogP contribution in [0.3, 0.4) is 0 Å². The Kier molecular flexibility index (Phi) is 7.59. The number of carbonyl (C=O) groups is 1. The van der Waals surface area contributed by atoms with Crippen molar-refractivity contribution in [3.8, 4) is 0 Å². The number of carbonyl (C=O) groups excluding carboxylic acids is 1. The number of hydrogen-bond acceptors (Lipinski definition) is 2. The first-order chi connectivity index (χ1) is 7.65. The number of primary amides is 1. The smallest absolute Gasteiger partial charge is 0.204 e. The van der Waals surface area contributed by atoms with E-state index in [0.717, 1.165) is 11.3 Å². The van der Waals surface area contributed by atoms with Crippen LogP contribution in [-0.4, -0.2) is 6.41 Å². The lowest BCUT2D eigenvalue weighted by atomic mass is 10.1. The number of allylic oxidation sites excluding steroid dienone is 1. The molecule has 1 atom stereocenters. The van der Waals surface area contributed by atoms with Crippen molar-refractivity contribution in [2.24, 2.45) is 11.7 Å². The van der Waals surface area contributed by atoms with Crippen molar-refractivity contribution in [2.45, 2.75) is 20.3 Å². The highest BCUT2D eigenvalue weighted by Crippen LogP contribution is 2.14. The normalized spacial score (nSPS) is 11.6. The lowest BCUT2D eigenvalue weighted by Gasteiger charge is -2.01. The molecule has 0 aromatic heterocycles. The first-order valence-electron chi connectivity index (χ1n) is 5.33. The molecule has 16 heavy (non-hydrogen) atoms. The Balaban J connectivity index is 0.000000673. The number of rotatable bonds is 3. The second kappa shape index (κ2) is 8.53. The summed E-state index contributed by atoms with van der Waals surface area (Å²) in [6, 6.07) is 7.92. The number of amides is 1. The summed E-state index contributed by atoms with van der Waals surface area (Å²) in [6.07, 6.45) is 5.72. The van der Waals surface area contributed by atoms with E-state index in [9.17, 15) is 0 Å². The Labute approximate surface area is 97.1 Å². The molecule has 0 aliphatic carbocycles. The van der Waals surface area contributed by atoms with Crippen LogP contribution in [0.5, 0.6) is 0 Å². The van der Waals surface area contributed by atoms with Gasteiger partial charge in [-0.25, -0.2) is 0 Å². The van der Waals surface area contributed by atoms with Crippen LogP contribution in [0.25, 0.3) is 6.08 Å². The maximum atomic E-state index is 8.58. The maximum absolute atomic E-state index is 8.58. The Bertz CT molecular complexity index is 334. The van der Waals surface area contributed by atoms with Gasteiger partial charge in [0.15, 0.2) is 0 Å². The van der Waals surface area contributed by atoms with E-state index in [2.05, 4.69) is 31.7 Å². The highest BCUT2D eigenvalue weighted by molar-refractivity contribution is 5.64. The topological polar surface area (TPSA) is 69.1 Å². The molecule has 88 valence electrons. The molecule has 3 heteroatoms. The van der Waals surface area contributed by atoms with E-state index in [1.807, 2.05) is 24.3 Å². The summed E-state index contributed by atoms with van der Waals surface area (Å²) in [5.41, 5.74) is 11.9. The monoisotopic (exact) mass is 220 g/mol. The minimum atomic E-state index is 0.250. The molecule has 1 amide bonds. The van der Waals surface area contributed by atoms with Crippen molar-refractivity contribution in [3.05, 3.63) is 35.9 Å². The van der Waals surface area contributed by atoms with E-state index >= 15 is 0 Å². The highest BCUT2D eigenvalue weighted by Gasteiger charge is 1.94. The molecule has 0 aliphatic rings. The predicted octanol–water partition coefficient (Wildman–Crippen LogP) is 2.43. The molecule has 3 nitrogen and oxygen atoms in total. The molecule has 4 N–H and O–H groups in total. The van der Waals surface area contributed by atoms with Gasteiger partial charge in [0.1, 0.15) is 0 Å². The zero-order valence-corrected chi connectivity index (χ0v) is 9.89. The fourth-order valence-electron chi connectivity index (χ4n) is 1.07. The molecule has 1 rings (SSSR count). The molecule has 1 aromatic rings. The Hall–Kier alpha value is -1.77. The summed E-state index contributed by atoms with van der Waals surface area (Å²) in [6.45, 7) is 4.39. The number of hydrogen-bond donors (Lipinski definition) is 2. The van der Waals surface area contributed by atoms with Crippen LogP contribution < -0.4 is 11.5 Å². The van der Waals surface area contributed by atoms with E-state index in [1.54, 1.807) is 0 Å². The van der Waals surface area contributed by atoms with Crippen LogP contribution in [0.15, 0.2) is 30.3 Å². The number of benzene rings is 1. The number of anilines is 1. The molecule has 0 saturated carbocycles. The van der Waals surface area contributed by atoms with Gasteiger partial charge in [0.2, 0.25) is 6.41 Å². The van der Waals surface area contributed by atoms with Crippen LogP contribution in [-0.2, 0) is 4.79 Å². The Morgan fingerprint density at radius 1 is 1.38 bits per heavy atom. The molecular formula is C13H20N2O. The van der Waals surface area contributed by atoms with Gasteiger partial charge in [0.25, 0.3) is 0 Å². The lowest BCUT2D eigenvalue weighted by molar-refractivity contribution is -0.106. The van der Waals surface area contributed by atoms with Crippen molar-refractivity contribution in [3.63, 3.8) is 0 Å². The summed E-state index contributed by atoms with van der Waals surface area (Å²) >= 11 is 0. The standard InChI is InChI=1S/C12H17N.CH3NO/c1-3-10(2)8-9-11-6-4-5-7-12(11)13;2-1-3/h4-10H,3,13H2,1-2H3;1H,(H2,2,3)/b9-8+;. The van der Waals surface area contributed by atoms with Gasteiger partial charge in [-0.2, -0.15) is 0 Å². The van der Waals surface area contributed by atoms with E-state index in [1.165, 1.54) is 6.42 Å². The van der Waals surface area contributed by atoms with Gasteiger partial charge in [0.05, 0.1) is 0 Å². The van der Waals surface area contributed by atoms with Crippen LogP contribution >= 0.6 is 0 Å². The minimum Gasteiger partial charge on any atom is -0.398 e. The predicted molar refractivity (Wildman–Crippen MR) is 69.6 cm³/mol. The molecule has 0 aliphatic heterocycles. The van der Waals surface area contributed by atoms with Crippen molar-refractivity contribution < 1.29 is 4.79 Å². The molecule has 0 radical (unpaired) electrons. The van der Waals surface area contributed by atoms with E-state index in [0.29, 0.717) is 5.92 Å². The third kappa shape index (κ3) is 5.86. The van der Waals surface area contributed by atoms with Crippen LogP contribution in [0, 0.1) is 5.92 Å². The Morgan fingerprint density at radius 3 is 2.44 bits per heavy atom. The number of nitrogen functional groups attached to an aromatic ring is 1. The average Bonchev–Trinajstić information content (AvgIpc) is 2.28. The third-order valence-corrected chi connectivity index (χ3v) is 2.24. The SMILES string of the molecule is CCC(C)/C=C/c1ccccc1N.NC=O. The van der Waals surface area contributed by atoms with E-state index in [4.69, 9.17) is 10.5 Å². The summed E-state index contributed by atoms with van der Waals surface area (Å²) in [7, 11) is 0. The minimum absolute atomic E-state index is 0.250.